The van der Waals surface area contributed by atoms with Gasteiger partial charge in [0.05, 0.1) is 12.6 Å². The van der Waals surface area contributed by atoms with Crippen LogP contribution in [0.3, 0.4) is 0 Å². The van der Waals surface area contributed by atoms with Gasteiger partial charge in [0.1, 0.15) is 6.04 Å². The molecule has 8 nitrogen and oxygen atoms in total. The van der Waals surface area contributed by atoms with Crippen LogP contribution in [-0.4, -0.2) is 38.8 Å². The molecule has 0 aliphatic heterocycles. The molecule has 1 amide bonds. The van der Waals surface area contributed by atoms with Crippen LogP contribution >= 0.6 is 0 Å². The van der Waals surface area contributed by atoms with E-state index >= 15 is 0 Å². The zero-order valence-corrected chi connectivity index (χ0v) is 16.3. The van der Waals surface area contributed by atoms with E-state index in [1.165, 1.54) is 25.2 Å². The monoisotopic (exact) mass is 401 g/mol. The number of hydrogen-bond donors (Lipinski definition) is 3. The van der Waals surface area contributed by atoms with Crippen LogP contribution in [0, 0.1) is 11.8 Å². The number of furan rings is 1. The number of Topliss-reactive ketones (excluding diaryl/α,β-unsaturated/α-hetero) is 1. The Balaban J connectivity index is 1.69. The van der Waals surface area contributed by atoms with Crippen LogP contribution in [0.25, 0.3) is 0 Å². The average molecular weight is 401 g/mol. The van der Waals surface area contributed by atoms with E-state index in [1.807, 2.05) is 0 Å². The van der Waals surface area contributed by atoms with Crippen molar-refractivity contribution in [1.29, 1.82) is 0 Å². The number of ketones is 1. The van der Waals surface area contributed by atoms with Gasteiger partial charge >= 0.3 is 5.97 Å². The smallest absolute Gasteiger partial charge is 0.326 e. The van der Waals surface area contributed by atoms with Gasteiger partial charge in [-0.15, -0.1) is 0 Å². The lowest BCUT2D eigenvalue weighted by molar-refractivity contribution is -0.142. The molecule has 2 aromatic rings. The number of carbonyl (C=O) groups is 3. The Morgan fingerprint density at radius 1 is 1.28 bits per heavy atom. The number of carbonyl (C=O) groups excluding carboxylic acids is 2. The van der Waals surface area contributed by atoms with Crippen molar-refractivity contribution in [2.45, 2.75) is 57.4 Å². The van der Waals surface area contributed by atoms with Gasteiger partial charge in [0.15, 0.2) is 11.5 Å². The summed E-state index contributed by atoms with van der Waals surface area (Å²) in [6.45, 7) is 0. The third kappa shape index (κ3) is 6.04. The maximum absolute atomic E-state index is 13.0. The second kappa shape index (κ2) is 10.0. The highest BCUT2D eigenvalue weighted by molar-refractivity contribution is 5.97. The molecule has 3 rings (SSSR count). The number of aromatic amines is 1. The van der Waals surface area contributed by atoms with Crippen molar-refractivity contribution < 1.29 is 23.9 Å². The maximum atomic E-state index is 13.0. The van der Waals surface area contributed by atoms with E-state index in [9.17, 15) is 19.5 Å². The fourth-order valence-electron chi connectivity index (χ4n) is 3.98. The molecule has 29 heavy (non-hydrogen) atoms. The predicted molar refractivity (Wildman–Crippen MR) is 104 cm³/mol. The van der Waals surface area contributed by atoms with Gasteiger partial charge in [-0.2, -0.15) is 0 Å². The first kappa shape index (κ1) is 20.8. The molecule has 1 aliphatic carbocycles. The molecule has 0 saturated heterocycles. The number of aromatic nitrogens is 2. The molecule has 0 spiro atoms. The van der Waals surface area contributed by atoms with Gasteiger partial charge in [-0.1, -0.05) is 32.1 Å². The second-order valence-electron chi connectivity index (χ2n) is 7.72. The Kier molecular flexibility index (Phi) is 7.21. The first-order chi connectivity index (χ1) is 14.0. The van der Waals surface area contributed by atoms with Crippen LogP contribution in [0.1, 0.15) is 61.2 Å². The fraction of sp³-hybridized carbons (Fsp3) is 0.524. The van der Waals surface area contributed by atoms with E-state index in [0.717, 1.165) is 25.7 Å². The minimum atomic E-state index is -1.12. The Labute approximate surface area is 169 Å². The Morgan fingerprint density at radius 2 is 2.07 bits per heavy atom. The largest absolute Gasteiger partial charge is 0.480 e. The summed E-state index contributed by atoms with van der Waals surface area (Å²) in [4.78, 5) is 43.9. The summed E-state index contributed by atoms with van der Waals surface area (Å²) < 4.78 is 5.17. The van der Waals surface area contributed by atoms with Crippen LogP contribution in [-0.2, 0) is 16.0 Å². The number of imidazole rings is 1. The van der Waals surface area contributed by atoms with Crippen molar-refractivity contribution in [2.75, 3.05) is 0 Å². The Morgan fingerprint density at radius 3 is 2.69 bits per heavy atom. The van der Waals surface area contributed by atoms with Gasteiger partial charge in [0, 0.05) is 30.7 Å². The van der Waals surface area contributed by atoms with Crippen LogP contribution in [0.4, 0.5) is 0 Å². The van der Waals surface area contributed by atoms with Gasteiger partial charge in [-0.3, -0.25) is 9.59 Å². The zero-order chi connectivity index (χ0) is 20.6. The normalized spacial score (nSPS) is 16.8. The van der Waals surface area contributed by atoms with Crippen molar-refractivity contribution in [3.8, 4) is 0 Å². The van der Waals surface area contributed by atoms with E-state index in [2.05, 4.69) is 15.3 Å². The third-order valence-electron chi connectivity index (χ3n) is 5.53. The van der Waals surface area contributed by atoms with Gasteiger partial charge in [-0.05, 0) is 24.5 Å². The van der Waals surface area contributed by atoms with Crippen LogP contribution in [0.5, 0.6) is 0 Å². The van der Waals surface area contributed by atoms with Gasteiger partial charge in [0.25, 0.3) is 0 Å². The molecule has 156 valence electrons. The summed E-state index contributed by atoms with van der Waals surface area (Å²) in [5, 5.41) is 12.2. The number of amides is 1. The summed E-state index contributed by atoms with van der Waals surface area (Å²) in [6, 6.07) is 2.13. The highest BCUT2D eigenvalue weighted by atomic mass is 16.4. The topological polar surface area (TPSA) is 125 Å². The van der Waals surface area contributed by atoms with Crippen molar-refractivity contribution >= 4 is 17.7 Å². The molecule has 3 N–H and O–H groups in total. The summed E-state index contributed by atoms with van der Waals surface area (Å²) in [7, 11) is 0. The molecule has 8 heteroatoms. The summed E-state index contributed by atoms with van der Waals surface area (Å²) in [6.07, 6.45) is 10.6. The predicted octanol–water partition coefficient (Wildman–Crippen LogP) is 2.97. The van der Waals surface area contributed by atoms with E-state index in [1.54, 1.807) is 12.1 Å². The molecule has 2 atom stereocenters. The molecular weight excluding hydrogens is 374 g/mol. The molecule has 1 fully saturated rings. The minimum Gasteiger partial charge on any atom is -0.480 e. The summed E-state index contributed by atoms with van der Waals surface area (Å²) in [5.74, 6) is -1.76. The molecule has 1 saturated carbocycles. The van der Waals surface area contributed by atoms with E-state index < -0.39 is 23.8 Å². The number of aliphatic carboxylic acids is 1. The van der Waals surface area contributed by atoms with Gasteiger partial charge < -0.3 is 19.8 Å². The van der Waals surface area contributed by atoms with Crippen molar-refractivity contribution in [3.05, 3.63) is 42.4 Å². The number of hydrogen-bond acceptors (Lipinski definition) is 5. The van der Waals surface area contributed by atoms with Crippen LogP contribution < -0.4 is 5.32 Å². The number of carboxylic acids is 1. The third-order valence-corrected chi connectivity index (χ3v) is 5.53. The minimum absolute atomic E-state index is 0.00619. The summed E-state index contributed by atoms with van der Waals surface area (Å²) in [5.41, 5.74) is 0.619. The van der Waals surface area contributed by atoms with Gasteiger partial charge in [0.2, 0.25) is 5.91 Å². The molecular formula is C21H27N3O5. The standard InChI is InChI=1S/C21H27N3O5/c25-18(19-7-4-8-29-19)10-15(9-14-5-2-1-3-6-14)20(26)24-17(21(27)28)11-16-12-22-13-23-16/h4,7-8,12-15,17H,1-3,5-6,9-11H2,(H,22,23)(H,24,26)(H,27,28)/t15?,17-/m1/s1. The molecule has 0 aromatic carbocycles. The molecule has 0 bridgehead atoms. The number of H-pyrrole nitrogens is 1. The Bertz CT molecular complexity index is 794. The quantitative estimate of drug-likeness (QED) is 0.526. The first-order valence-corrected chi connectivity index (χ1v) is 10.1. The molecule has 2 heterocycles. The zero-order valence-electron chi connectivity index (χ0n) is 16.3. The average Bonchev–Trinajstić information content (AvgIpc) is 3.41. The highest BCUT2D eigenvalue weighted by Gasteiger charge is 2.30. The molecule has 1 unspecified atom stereocenters. The van der Waals surface area contributed by atoms with E-state index in [-0.39, 0.29) is 24.4 Å². The lowest BCUT2D eigenvalue weighted by Gasteiger charge is -2.26. The maximum Gasteiger partial charge on any atom is 0.326 e. The highest BCUT2D eigenvalue weighted by Crippen LogP contribution is 2.31. The number of nitrogens with one attached hydrogen (secondary N) is 2. The fourth-order valence-corrected chi connectivity index (χ4v) is 3.98. The number of carboxylic acid groups (broad SMARTS) is 1. The molecule has 2 aromatic heterocycles. The van der Waals surface area contributed by atoms with Crippen LogP contribution in [0.2, 0.25) is 0 Å². The SMILES string of the molecule is O=C(CC(CC1CCCCC1)C(=O)N[C@H](Cc1cnc[nH]1)C(=O)O)c1ccco1. The number of rotatable bonds is 10. The van der Waals surface area contributed by atoms with Crippen molar-refractivity contribution in [3.63, 3.8) is 0 Å². The lowest BCUT2D eigenvalue weighted by atomic mass is 9.81. The lowest BCUT2D eigenvalue weighted by Crippen LogP contribution is -2.45. The number of nitrogens with zero attached hydrogens (tertiary/aromatic N) is 1. The van der Waals surface area contributed by atoms with E-state index in [0.29, 0.717) is 18.0 Å². The van der Waals surface area contributed by atoms with Crippen molar-refractivity contribution in [1.82, 2.24) is 15.3 Å². The second-order valence-corrected chi connectivity index (χ2v) is 7.72. The molecule has 1 aliphatic rings. The first-order valence-electron chi connectivity index (χ1n) is 10.1. The summed E-state index contributed by atoms with van der Waals surface area (Å²) >= 11 is 0. The van der Waals surface area contributed by atoms with Crippen molar-refractivity contribution in [2.24, 2.45) is 11.8 Å². The molecule has 0 radical (unpaired) electrons. The van der Waals surface area contributed by atoms with Gasteiger partial charge in [-0.25, -0.2) is 9.78 Å². The Hall–Kier alpha value is -2.90. The van der Waals surface area contributed by atoms with Crippen LogP contribution in [0.15, 0.2) is 35.3 Å². The van der Waals surface area contributed by atoms with E-state index in [4.69, 9.17) is 4.42 Å².